The second-order valence-electron chi connectivity index (χ2n) is 4.05. The molecule has 3 aromatic rings. The lowest BCUT2D eigenvalue weighted by Crippen LogP contribution is -2.06. The molecule has 0 radical (unpaired) electrons. The molecule has 1 aromatic carbocycles. The minimum Gasteiger partial charge on any atom is -0.394 e. The maximum atomic E-state index is 9.05. The third kappa shape index (κ3) is 1.67. The van der Waals surface area contributed by atoms with Crippen LogP contribution in [0, 0.1) is 6.92 Å². The van der Waals surface area contributed by atoms with Crippen molar-refractivity contribution in [3.63, 3.8) is 0 Å². The van der Waals surface area contributed by atoms with Gasteiger partial charge >= 0.3 is 0 Å². The van der Waals surface area contributed by atoms with E-state index in [0.717, 1.165) is 16.6 Å². The fourth-order valence-electron chi connectivity index (χ4n) is 2.02. The number of aliphatic hydroxyl groups is 1. The molecule has 0 spiro atoms. The van der Waals surface area contributed by atoms with Gasteiger partial charge in [0.2, 0.25) is 0 Å². The largest absolute Gasteiger partial charge is 0.394 e. The van der Waals surface area contributed by atoms with Crippen molar-refractivity contribution >= 4 is 10.9 Å². The van der Waals surface area contributed by atoms with Crippen LogP contribution in [0.4, 0.5) is 0 Å². The van der Waals surface area contributed by atoms with Crippen LogP contribution in [0.15, 0.2) is 24.3 Å². The molecule has 0 bridgehead atoms. The minimum atomic E-state index is 0.0259. The summed E-state index contributed by atoms with van der Waals surface area (Å²) in [6, 6.07) is 7.86. The normalized spacial score (nSPS) is 11.2. The molecule has 18 heavy (non-hydrogen) atoms. The highest BCUT2D eigenvalue weighted by atomic mass is 16.3. The molecule has 6 nitrogen and oxygen atoms in total. The Labute approximate surface area is 103 Å². The van der Waals surface area contributed by atoms with Gasteiger partial charge in [-0.1, -0.05) is 18.2 Å². The van der Waals surface area contributed by atoms with Crippen molar-refractivity contribution < 1.29 is 5.11 Å². The summed E-state index contributed by atoms with van der Waals surface area (Å²) in [5.41, 5.74) is 1.73. The van der Waals surface area contributed by atoms with E-state index in [2.05, 4.69) is 20.3 Å². The fourth-order valence-corrected chi connectivity index (χ4v) is 2.02. The molecule has 0 saturated heterocycles. The van der Waals surface area contributed by atoms with E-state index >= 15 is 0 Å². The summed E-state index contributed by atoms with van der Waals surface area (Å²) >= 11 is 0. The maximum absolute atomic E-state index is 9.05. The topological polar surface area (TPSA) is 79.6 Å². The number of nitrogens with one attached hydrogen (secondary N) is 1. The molecule has 2 heterocycles. The summed E-state index contributed by atoms with van der Waals surface area (Å²) < 4.78 is 1.68. The number of aromatic nitrogens is 5. The Hall–Kier alpha value is -2.21. The van der Waals surface area contributed by atoms with Crippen LogP contribution >= 0.6 is 0 Å². The standard InChI is InChI=1S/C12H13N5O/c1-8-13-12(17(16-8)6-7-18)11-9-4-2-3-5-10(9)14-15-11/h2-5,18H,6-7H2,1H3,(H,14,15). The maximum Gasteiger partial charge on any atom is 0.179 e. The van der Waals surface area contributed by atoms with E-state index in [4.69, 9.17) is 5.11 Å². The summed E-state index contributed by atoms with van der Waals surface area (Å²) in [5.74, 6) is 1.35. The van der Waals surface area contributed by atoms with Gasteiger partial charge in [0.1, 0.15) is 11.5 Å². The van der Waals surface area contributed by atoms with E-state index in [1.807, 2.05) is 31.2 Å². The van der Waals surface area contributed by atoms with Crippen LogP contribution in [-0.4, -0.2) is 36.7 Å². The predicted octanol–water partition coefficient (Wildman–Crippen LogP) is 1.12. The molecule has 0 atom stereocenters. The molecular weight excluding hydrogens is 230 g/mol. The fraction of sp³-hybridized carbons (Fsp3) is 0.250. The molecule has 0 aliphatic rings. The molecule has 2 aromatic heterocycles. The third-order valence-electron chi connectivity index (χ3n) is 2.77. The first kappa shape index (κ1) is 10.9. The molecule has 92 valence electrons. The zero-order valence-corrected chi connectivity index (χ0v) is 9.96. The number of aryl methyl sites for hydroxylation is 1. The Morgan fingerprint density at radius 3 is 3.00 bits per heavy atom. The Morgan fingerprint density at radius 1 is 1.33 bits per heavy atom. The molecule has 0 unspecified atom stereocenters. The van der Waals surface area contributed by atoms with E-state index in [1.54, 1.807) is 4.68 Å². The highest BCUT2D eigenvalue weighted by molar-refractivity contribution is 5.91. The Balaban J connectivity index is 2.19. The van der Waals surface area contributed by atoms with Gasteiger partial charge in [-0.05, 0) is 13.0 Å². The summed E-state index contributed by atoms with van der Waals surface area (Å²) in [6.07, 6.45) is 0. The number of aliphatic hydroxyl groups excluding tert-OH is 1. The zero-order valence-electron chi connectivity index (χ0n) is 9.96. The predicted molar refractivity (Wildman–Crippen MR) is 66.9 cm³/mol. The number of fused-ring (bicyclic) bond motifs is 1. The SMILES string of the molecule is Cc1nc(-c2n[nH]c3ccccc23)n(CCO)n1. The Morgan fingerprint density at radius 2 is 2.17 bits per heavy atom. The van der Waals surface area contributed by atoms with Crippen molar-refractivity contribution in [3.05, 3.63) is 30.1 Å². The Bertz CT molecular complexity index is 685. The third-order valence-corrected chi connectivity index (χ3v) is 2.77. The van der Waals surface area contributed by atoms with Crippen molar-refractivity contribution in [1.29, 1.82) is 0 Å². The Kier molecular flexibility index (Phi) is 2.56. The van der Waals surface area contributed by atoms with Gasteiger partial charge in [0, 0.05) is 5.39 Å². The molecule has 0 aliphatic heterocycles. The molecule has 6 heteroatoms. The molecule has 0 amide bonds. The van der Waals surface area contributed by atoms with Crippen LogP contribution in [0.25, 0.3) is 22.4 Å². The van der Waals surface area contributed by atoms with Gasteiger partial charge in [-0.3, -0.25) is 5.10 Å². The number of benzene rings is 1. The van der Waals surface area contributed by atoms with Crippen LogP contribution in [0.2, 0.25) is 0 Å². The number of aromatic amines is 1. The minimum absolute atomic E-state index is 0.0259. The van der Waals surface area contributed by atoms with E-state index < -0.39 is 0 Å². The van der Waals surface area contributed by atoms with E-state index in [-0.39, 0.29) is 6.61 Å². The number of rotatable bonds is 3. The van der Waals surface area contributed by atoms with Gasteiger partial charge in [-0.2, -0.15) is 10.2 Å². The number of H-pyrrole nitrogens is 1. The van der Waals surface area contributed by atoms with Gasteiger partial charge < -0.3 is 5.11 Å². The monoisotopic (exact) mass is 243 g/mol. The molecule has 2 N–H and O–H groups in total. The summed E-state index contributed by atoms with van der Waals surface area (Å²) in [4.78, 5) is 4.38. The number of para-hydroxylation sites is 1. The summed E-state index contributed by atoms with van der Waals surface area (Å²) in [6.45, 7) is 2.27. The summed E-state index contributed by atoms with van der Waals surface area (Å²) in [7, 11) is 0. The van der Waals surface area contributed by atoms with Crippen molar-refractivity contribution in [1.82, 2.24) is 25.0 Å². The van der Waals surface area contributed by atoms with Crippen molar-refractivity contribution in [2.45, 2.75) is 13.5 Å². The molecule has 0 aliphatic carbocycles. The van der Waals surface area contributed by atoms with Crippen LogP contribution in [-0.2, 0) is 6.54 Å². The van der Waals surface area contributed by atoms with E-state index in [0.29, 0.717) is 18.2 Å². The second kappa shape index (κ2) is 4.23. The lowest BCUT2D eigenvalue weighted by molar-refractivity contribution is 0.270. The number of hydrogen-bond acceptors (Lipinski definition) is 4. The number of nitrogens with zero attached hydrogens (tertiary/aromatic N) is 4. The zero-order chi connectivity index (χ0) is 12.5. The lowest BCUT2D eigenvalue weighted by atomic mass is 10.2. The first-order chi connectivity index (χ1) is 8.79. The van der Waals surface area contributed by atoms with Gasteiger partial charge in [-0.25, -0.2) is 9.67 Å². The van der Waals surface area contributed by atoms with E-state index in [9.17, 15) is 0 Å². The van der Waals surface area contributed by atoms with Crippen molar-refractivity contribution in [3.8, 4) is 11.5 Å². The first-order valence-electron chi connectivity index (χ1n) is 5.75. The molecule has 3 rings (SSSR count). The summed E-state index contributed by atoms with van der Waals surface area (Å²) in [5, 5.41) is 21.6. The van der Waals surface area contributed by atoms with E-state index in [1.165, 1.54) is 0 Å². The highest BCUT2D eigenvalue weighted by Gasteiger charge is 2.15. The highest BCUT2D eigenvalue weighted by Crippen LogP contribution is 2.24. The average molecular weight is 243 g/mol. The molecule has 0 fully saturated rings. The van der Waals surface area contributed by atoms with Gasteiger partial charge in [0.05, 0.1) is 18.7 Å². The quantitative estimate of drug-likeness (QED) is 0.722. The smallest absolute Gasteiger partial charge is 0.179 e. The van der Waals surface area contributed by atoms with Crippen molar-refractivity contribution in [2.75, 3.05) is 6.61 Å². The van der Waals surface area contributed by atoms with Crippen LogP contribution in [0.1, 0.15) is 5.82 Å². The van der Waals surface area contributed by atoms with Gasteiger partial charge in [-0.15, -0.1) is 0 Å². The first-order valence-corrected chi connectivity index (χ1v) is 5.75. The van der Waals surface area contributed by atoms with Crippen LogP contribution in [0.3, 0.4) is 0 Å². The van der Waals surface area contributed by atoms with Crippen LogP contribution in [0.5, 0.6) is 0 Å². The lowest BCUT2D eigenvalue weighted by Gasteiger charge is -2.01. The molecular formula is C12H13N5O. The number of hydrogen-bond donors (Lipinski definition) is 2. The van der Waals surface area contributed by atoms with Crippen molar-refractivity contribution in [2.24, 2.45) is 0 Å². The van der Waals surface area contributed by atoms with Gasteiger partial charge in [0.25, 0.3) is 0 Å². The second-order valence-corrected chi connectivity index (χ2v) is 4.05. The van der Waals surface area contributed by atoms with Gasteiger partial charge in [0.15, 0.2) is 5.82 Å². The molecule has 0 saturated carbocycles. The van der Waals surface area contributed by atoms with Crippen LogP contribution < -0.4 is 0 Å². The average Bonchev–Trinajstić information content (AvgIpc) is 2.93.